The fourth-order valence-corrected chi connectivity index (χ4v) is 3.21. The first-order chi connectivity index (χ1) is 15.9. The maximum atomic E-state index is 14.6. The van der Waals surface area contributed by atoms with E-state index in [2.05, 4.69) is 23.8 Å². The number of amides is 1. The quantitative estimate of drug-likeness (QED) is 0.406. The van der Waals surface area contributed by atoms with Gasteiger partial charge >= 0.3 is 0 Å². The predicted molar refractivity (Wildman–Crippen MR) is 137 cm³/mol. The first kappa shape index (κ1) is 27.8. The van der Waals surface area contributed by atoms with Crippen molar-refractivity contribution in [2.75, 3.05) is 36.9 Å². The SMILES string of the molecule is C/C=C(\CC)c1ccc(NC(=O)c2ccc(N(CC)CCNC)c(F)c2)cc1F.C=CC=C. The molecule has 0 aromatic heterocycles. The van der Waals surface area contributed by atoms with Crippen molar-refractivity contribution in [3.63, 3.8) is 0 Å². The van der Waals surface area contributed by atoms with Crippen LogP contribution < -0.4 is 15.5 Å². The largest absolute Gasteiger partial charge is 0.368 e. The van der Waals surface area contributed by atoms with Gasteiger partial charge in [-0.1, -0.05) is 38.3 Å². The standard InChI is InChI=1S/C23H29F2N3O.C4H6/c1-5-16(6-2)19-10-9-18(15-20(19)24)27-23(29)17-8-11-22(21(25)14-17)28(7-3)13-12-26-4;1-3-4-2/h5,8-11,14-15,26H,6-7,12-13H2,1-4H3,(H,27,29);3-4H,1-2H2/b16-5+;. The van der Waals surface area contributed by atoms with Gasteiger partial charge in [0.1, 0.15) is 11.6 Å². The number of allylic oxidation sites excluding steroid dienone is 4. The molecule has 2 rings (SSSR count). The van der Waals surface area contributed by atoms with E-state index < -0.39 is 17.5 Å². The number of benzene rings is 2. The molecule has 0 unspecified atom stereocenters. The van der Waals surface area contributed by atoms with Crippen LogP contribution in [0.25, 0.3) is 5.57 Å². The highest BCUT2D eigenvalue weighted by atomic mass is 19.1. The second-order valence-corrected chi connectivity index (χ2v) is 7.14. The monoisotopic (exact) mass is 455 g/mol. The summed E-state index contributed by atoms with van der Waals surface area (Å²) in [7, 11) is 1.84. The summed E-state index contributed by atoms with van der Waals surface area (Å²) in [5, 5.41) is 5.68. The Labute approximate surface area is 196 Å². The summed E-state index contributed by atoms with van der Waals surface area (Å²) in [6, 6.07) is 8.98. The topological polar surface area (TPSA) is 44.4 Å². The molecule has 2 N–H and O–H groups in total. The lowest BCUT2D eigenvalue weighted by molar-refractivity contribution is 0.102. The number of hydrogen-bond acceptors (Lipinski definition) is 3. The predicted octanol–water partition coefficient (Wildman–Crippen LogP) is 6.43. The minimum absolute atomic E-state index is 0.183. The Hall–Kier alpha value is -3.25. The molecule has 0 radical (unpaired) electrons. The lowest BCUT2D eigenvalue weighted by atomic mass is 10.0. The van der Waals surface area contributed by atoms with Gasteiger partial charge in [0.15, 0.2) is 0 Å². The van der Waals surface area contributed by atoms with Crippen molar-refractivity contribution in [2.45, 2.75) is 27.2 Å². The second kappa shape index (κ2) is 14.7. The van der Waals surface area contributed by atoms with Crippen molar-refractivity contribution in [1.82, 2.24) is 5.32 Å². The van der Waals surface area contributed by atoms with E-state index in [1.165, 1.54) is 12.1 Å². The van der Waals surface area contributed by atoms with E-state index in [1.807, 2.05) is 38.8 Å². The van der Waals surface area contributed by atoms with Crippen LogP contribution in [0.5, 0.6) is 0 Å². The van der Waals surface area contributed by atoms with E-state index in [9.17, 15) is 13.6 Å². The maximum absolute atomic E-state index is 14.6. The number of nitrogens with one attached hydrogen (secondary N) is 2. The normalized spacial score (nSPS) is 10.7. The molecule has 0 atom stereocenters. The average molecular weight is 456 g/mol. The van der Waals surface area contributed by atoms with E-state index in [4.69, 9.17) is 0 Å². The van der Waals surface area contributed by atoms with Crippen molar-refractivity contribution in [2.24, 2.45) is 0 Å². The minimum atomic E-state index is -0.484. The number of anilines is 2. The summed E-state index contributed by atoms with van der Waals surface area (Å²) in [5.74, 6) is -1.34. The Bertz CT molecular complexity index is 964. The van der Waals surface area contributed by atoms with Gasteiger partial charge < -0.3 is 15.5 Å². The second-order valence-electron chi connectivity index (χ2n) is 7.14. The molecule has 0 aliphatic rings. The number of halogens is 2. The van der Waals surface area contributed by atoms with Crippen LogP contribution in [0, 0.1) is 11.6 Å². The lowest BCUT2D eigenvalue weighted by Gasteiger charge is -2.23. The zero-order valence-corrected chi connectivity index (χ0v) is 20.1. The molecule has 0 aliphatic heterocycles. The van der Waals surface area contributed by atoms with Gasteiger partial charge in [-0.05, 0) is 69.3 Å². The van der Waals surface area contributed by atoms with Crippen LogP contribution in [0.2, 0.25) is 0 Å². The summed E-state index contributed by atoms with van der Waals surface area (Å²) in [6.45, 7) is 14.5. The van der Waals surface area contributed by atoms with E-state index in [-0.39, 0.29) is 5.56 Å². The Morgan fingerprint density at radius 2 is 1.76 bits per heavy atom. The summed E-state index contributed by atoms with van der Waals surface area (Å²) < 4.78 is 29.0. The lowest BCUT2D eigenvalue weighted by Crippen LogP contribution is -2.31. The van der Waals surface area contributed by atoms with Gasteiger partial charge in [-0.3, -0.25) is 4.79 Å². The average Bonchev–Trinajstić information content (AvgIpc) is 2.82. The molecule has 4 nitrogen and oxygen atoms in total. The van der Waals surface area contributed by atoms with Crippen LogP contribution in [0.4, 0.5) is 20.2 Å². The Balaban J connectivity index is 0.00000125. The Kier molecular flexibility index (Phi) is 12.4. The first-order valence-electron chi connectivity index (χ1n) is 11.1. The summed E-state index contributed by atoms with van der Waals surface area (Å²) in [4.78, 5) is 14.4. The van der Waals surface area contributed by atoms with Crippen molar-refractivity contribution < 1.29 is 13.6 Å². The molecule has 0 bridgehead atoms. The van der Waals surface area contributed by atoms with Crippen LogP contribution in [0.3, 0.4) is 0 Å². The van der Waals surface area contributed by atoms with Crippen LogP contribution in [0.15, 0.2) is 67.8 Å². The molecule has 33 heavy (non-hydrogen) atoms. The smallest absolute Gasteiger partial charge is 0.255 e. The highest BCUT2D eigenvalue weighted by Gasteiger charge is 2.15. The first-order valence-corrected chi connectivity index (χ1v) is 11.1. The highest BCUT2D eigenvalue weighted by molar-refractivity contribution is 6.04. The van der Waals surface area contributed by atoms with Gasteiger partial charge in [-0.2, -0.15) is 0 Å². The third-order valence-electron chi connectivity index (χ3n) is 5.03. The minimum Gasteiger partial charge on any atom is -0.368 e. The van der Waals surface area contributed by atoms with Crippen LogP contribution in [0.1, 0.15) is 43.1 Å². The molecule has 0 heterocycles. The molecule has 178 valence electrons. The Morgan fingerprint density at radius 3 is 2.24 bits per heavy atom. The number of nitrogens with zero attached hydrogens (tertiary/aromatic N) is 1. The zero-order chi connectivity index (χ0) is 24.8. The number of carbonyl (C=O) groups is 1. The van der Waals surface area contributed by atoms with Gasteiger partial charge in [-0.15, -0.1) is 0 Å². The van der Waals surface area contributed by atoms with E-state index >= 15 is 0 Å². The summed E-state index contributed by atoms with van der Waals surface area (Å²) in [6.07, 6.45) is 5.87. The van der Waals surface area contributed by atoms with Gasteiger partial charge in [0.25, 0.3) is 5.91 Å². The fourth-order valence-electron chi connectivity index (χ4n) is 3.21. The third kappa shape index (κ3) is 8.31. The molecule has 0 spiro atoms. The molecule has 0 saturated carbocycles. The molecule has 0 fully saturated rings. The summed E-state index contributed by atoms with van der Waals surface area (Å²) >= 11 is 0. The van der Waals surface area contributed by atoms with Crippen molar-refractivity contribution in [1.29, 1.82) is 0 Å². The van der Waals surface area contributed by atoms with Crippen molar-refractivity contribution in [3.8, 4) is 0 Å². The van der Waals surface area contributed by atoms with E-state index in [0.29, 0.717) is 36.4 Å². The summed E-state index contributed by atoms with van der Waals surface area (Å²) in [5.41, 5.74) is 2.38. The maximum Gasteiger partial charge on any atom is 0.255 e. The van der Waals surface area contributed by atoms with E-state index in [1.54, 1.807) is 36.4 Å². The zero-order valence-electron chi connectivity index (χ0n) is 20.1. The van der Waals surface area contributed by atoms with Crippen LogP contribution in [-0.2, 0) is 0 Å². The molecule has 2 aromatic carbocycles. The third-order valence-corrected chi connectivity index (χ3v) is 5.03. The molecular weight excluding hydrogens is 420 g/mol. The van der Waals surface area contributed by atoms with Gasteiger partial charge in [0.05, 0.1) is 5.69 Å². The van der Waals surface area contributed by atoms with Crippen LogP contribution >= 0.6 is 0 Å². The Morgan fingerprint density at radius 1 is 1.06 bits per heavy atom. The van der Waals surface area contributed by atoms with Crippen LogP contribution in [-0.4, -0.2) is 32.6 Å². The van der Waals surface area contributed by atoms with Gasteiger partial charge in [-0.25, -0.2) is 8.78 Å². The highest BCUT2D eigenvalue weighted by Crippen LogP contribution is 2.25. The molecule has 0 aliphatic carbocycles. The molecule has 2 aromatic rings. The number of hydrogen-bond donors (Lipinski definition) is 2. The number of rotatable bonds is 10. The molecular formula is C27H35F2N3O. The molecule has 6 heteroatoms. The van der Waals surface area contributed by atoms with Gasteiger partial charge in [0, 0.05) is 36.4 Å². The van der Waals surface area contributed by atoms with Crippen molar-refractivity contribution >= 4 is 22.9 Å². The fraction of sp³-hybridized carbons (Fsp3) is 0.296. The molecule has 0 saturated heterocycles. The van der Waals surface area contributed by atoms with Gasteiger partial charge in [0.2, 0.25) is 0 Å². The van der Waals surface area contributed by atoms with E-state index in [0.717, 1.165) is 12.1 Å². The number of likely N-dealkylation sites (N-methyl/N-ethyl adjacent to an activating group) is 2. The van der Waals surface area contributed by atoms with Crippen molar-refractivity contribution in [3.05, 3.63) is 90.5 Å². The molecule has 1 amide bonds. The number of carbonyl (C=O) groups excluding carboxylic acids is 1.